The number of likely N-dealkylation sites (tertiary alicyclic amines) is 1. The lowest BCUT2D eigenvalue weighted by atomic mass is 9.75. The van der Waals surface area contributed by atoms with E-state index in [2.05, 4.69) is 11.8 Å². The quantitative estimate of drug-likeness (QED) is 0.849. The normalized spacial score (nSPS) is 33.4. The fraction of sp³-hybridized carbons (Fsp3) is 0.941. The highest BCUT2D eigenvalue weighted by molar-refractivity contribution is 5.71. The van der Waals surface area contributed by atoms with Crippen LogP contribution in [0.2, 0.25) is 0 Å². The van der Waals surface area contributed by atoms with Gasteiger partial charge in [-0.3, -0.25) is 9.69 Å². The van der Waals surface area contributed by atoms with Crippen molar-refractivity contribution in [3.8, 4) is 0 Å². The topological polar surface area (TPSA) is 40.5 Å². The minimum Gasteiger partial charge on any atom is -0.481 e. The first kappa shape index (κ1) is 15.8. The molecule has 3 nitrogen and oxygen atoms in total. The molecule has 1 aliphatic heterocycles. The minimum absolute atomic E-state index is 0.123. The second-order valence-corrected chi connectivity index (χ2v) is 6.78. The second-order valence-electron chi connectivity index (χ2n) is 6.78. The molecule has 0 bridgehead atoms. The van der Waals surface area contributed by atoms with Gasteiger partial charge in [0.2, 0.25) is 0 Å². The number of carboxylic acids is 1. The van der Waals surface area contributed by atoms with E-state index in [1.54, 1.807) is 0 Å². The van der Waals surface area contributed by atoms with Gasteiger partial charge in [-0.2, -0.15) is 0 Å². The van der Waals surface area contributed by atoms with Crippen molar-refractivity contribution < 1.29 is 9.90 Å². The molecule has 0 radical (unpaired) electrons. The van der Waals surface area contributed by atoms with Gasteiger partial charge in [-0.25, -0.2) is 0 Å². The molecule has 2 aliphatic rings. The molecule has 3 unspecified atom stereocenters. The van der Waals surface area contributed by atoms with Gasteiger partial charge in [0.05, 0.1) is 5.92 Å². The standard InChI is InChI=1S/C17H31NO2/c1-2-8-14-9-10-15(17(19)20)16(13-14)18-11-6-4-3-5-7-12-18/h14-16H,2-13H2,1H3,(H,19,20). The zero-order valence-electron chi connectivity index (χ0n) is 13.0. The Kier molecular flexibility index (Phi) is 6.34. The van der Waals surface area contributed by atoms with Crippen molar-refractivity contribution in [2.24, 2.45) is 11.8 Å². The number of carboxylic acid groups (broad SMARTS) is 1. The van der Waals surface area contributed by atoms with Crippen LogP contribution in [0.4, 0.5) is 0 Å². The Hall–Kier alpha value is -0.570. The van der Waals surface area contributed by atoms with E-state index in [1.165, 1.54) is 44.9 Å². The summed E-state index contributed by atoms with van der Waals surface area (Å²) >= 11 is 0. The van der Waals surface area contributed by atoms with Gasteiger partial charge in [0, 0.05) is 6.04 Å². The van der Waals surface area contributed by atoms with E-state index in [0.717, 1.165) is 38.3 Å². The molecule has 0 amide bonds. The van der Waals surface area contributed by atoms with Gasteiger partial charge in [-0.1, -0.05) is 39.0 Å². The first-order valence-electron chi connectivity index (χ1n) is 8.69. The molecule has 116 valence electrons. The molecule has 0 spiro atoms. The van der Waals surface area contributed by atoms with Crippen LogP contribution in [0.25, 0.3) is 0 Å². The summed E-state index contributed by atoms with van der Waals surface area (Å²) in [6.45, 7) is 4.48. The number of rotatable bonds is 4. The third-order valence-electron chi connectivity index (χ3n) is 5.30. The summed E-state index contributed by atoms with van der Waals surface area (Å²) in [4.78, 5) is 14.1. The van der Waals surface area contributed by atoms with E-state index in [4.69, 9.17) is 0 Å². The Morgan fingerprint density at radius 2 is 1.75 bits per heavy atom. The molecule has 2 fully saturated rings. The number of hydrogen-bond donors (Lipinski definition) is 1. The molecule has 0 aromatic heterocycles. The Labute approximate surface area is 123 Å². The predicted molar refractivity (Wildman–Crippen MR) is 81.8 cm³/mol. The van der Waals surface area contributed by atoms with Crippen LogP contribution in [0, 0.1) is 11.8 Å². The molecule has 0 aromatic carbocycles. The predicted octanol–water partition coefficient (Wildman–Crippen LogP) is 3.92. The molecule has 1 heterocycles. The second kappa shape index (κ2) is 8.02. The van der Waals surface area contributed by atoms with Gasteiger partial charge >= 0.3 is 5.97 Å². The number of nitrogens with zero attached hydrogens (tertiary/aromatic N) is 1. The molecular formula is C17H31NO2. The molecule has 2 rings (SSSR count). The van der Waals surface area contributed by atoms with Crippen molar-refractivity contribution in [2.75, 3.05) is 13.1 Å². The smallest absolute Gasteiger partial charge is 0.308 e. The van der Waals surface area contributed by atoms with E-state index in [9.17, 15) is 9.90 Å². The maximum atomic E-state index is 11.6. The highest BCUT2D eigenvalue weighted by atomic mass is 16.4. The van der Waals surface area contributed by atoms with Crippen LogP contribution in [0.15, 0.2) is 0 Å². The van der Waals surface area contributed by atoms with E-state index < -0.39 is 5.97 Å². The maximum absolute atomic E-state index is 11.6. The zero-order chi connectivity index (χ0) is 14.4. The molecule has 1 N–H and O–H groups in total. The van der Waals surface area contributed by atoms with E-state index >= 15 is 0 Å². The van der Waals surface area contributed by atoms with Crippen molar-refractivity contribution in [3.63, 3.8) is 0 Å². The van der Waals surface area contributed by atoms with E-state index in [1.807, 2.05) is 0 Å². The van der Waals surface area contributed by atoms with Crippen LogP contribution >= 0.6 is 0 Å². The SMILES string of the molecule is CCCC1CCC(C(=O)O)C(N2CCCCCCC2)C1. The summed E-state index contributed by atoms with van der Waals surface area (Å²) in [6, 6.07) is 0.302. The molecule has 20 heavy (non-hydrogen) atoms. The molecule has 3 heteroatoms. The van der Waals surface area contributed by atoms with Gasteiger partial charge in [0.15, 0.2) is 0 Å². The molecule has 1 aliphatic carbocycles. The Bertz CT molecular complexity index is 297. The van der Waals surface area contributed by atoms with Gasteiger partial charge < -0.3 is 5.11 Å². The summed E-state index contributed by atoms with van der Waals surface area (Å²) in [5.74, 6) is 0.0700. The lowest BCUT2D eigenvalue weighted by Gasteiger charge is -2.42. The highest BCUT2D eigenvalue weighted by Crippen LogP contribution is 2.35. The average Bonchev–Trinajstić information content (AvgIpc) is 2.38. The number of carbonyl (C=O) groups is 1. The first-order chi connectivity index (χ1) is 9.72. The monoisotopic (exact) mass is 281 g/mol. The van der Waals surface area contributed by atoms with Crippen molar-refractivity contribution in [2.45, 2.75) is 77.2 Å². The third kappa shape index (κ3) is 4.21. The van der Waals surface area contributed by atoms with Crippen LogP contribution in [0.1, 0.15) is 71.1 Å². The summed E-state index contributed by atoms with van der Waals surface area (Å²) < 4.78 is 0. The first-order valence-corrected chi connectivity index (χ1v) is 8.69. The van der Waals surface area contributed by atoms with Crippen molar-refractivity contribution in [3.05, 3.63) is 0 Å². The van der Waals surface area contributed by atoms with Gasteiger partial charge in [0.1, 0.15) is 0 Å². The minimum atomic E-state index is -0.563. The number of aliphatic carboxylic acids is 1. The zero-order valence-corrected chi connectivity index (χ0v) is 13.0. The summed E-state index contributed by atoms with van der Waals surface area (Å²) in [5, 5.41) is 9.55. The summed E-state index contributed by atoms with van der Waals surface area (Å²) in [7, 11) is 0. The molecule has 1 saturated carbocycles. The number of hydrogen-bond acceptors (Lipinski definition) is 2. The average molecular weight is 281 g/mol. The van der Waals surface area contributed by atoms with Crippen LogP contribution in [-0.4, -0.2) is 35.1 Å². The molecule has 1 saturated heterocycles. The van der Waals surface area contributed by atoms with Crippen LogP contribution in [0.3, 0.4) is 0 Å². The fourth-order valence-corrected chi connectivity index (χ4v) is 4.20. The third-order valence-corrected chi connectivity index (χ3v) is 5.30. The van der Waals surface area contributed by atoms with Crippen LogP contribution in [-0.2, 0) is 4.79 Å². The Balaban J connectivity index is 2.02. The van der Waals surface area contributed by atoms with Crippen molar-refractivity contribution in [1.82, 2.24) is 4.90 Å². The van der Waals surface area contributed by atoms with Crippen LogP contribution < -0.4 is 0 Å². The van der Waals surface area contributed by atoms with Gasteiger partial charge in [-0.05, 0) is 51.1 Å². The molecule has 0 aromatic rings. The van der Waals surface area contributed by atoms with Gasteiger partial charge in [0.25, 0.3) is 0 Å². The van der Waals surface area contributed by atoms with Crippen LogP contribution in [0.5, 0.6) is 0 Å². The van der Waals surface area contributed by atoms with E-state index in [-0.39, 0.29) is 5.92 Å². The summed E-state index contributed by atoms with van der Waals surface area (Å²) in [6.07, 6.45) is 12.1. The lowest BCUT2D eigenvalue weighted by Crippen LogP contribution is -2.48. The maximum Gasteiger partial charge on any atom is 0.308 e. The van der Waals surface area contributed by atoms with Crippen molar-refractivity contribution in [1.29, 1.82) is 0 Å². The van der Waals surface area contributed by atoms with Gasteiger partial charge in [-0.15, -0.1) is 0 Å². The highest BCUT2D eigenvalue weighted by Gasteiger charge is 2.37. The van der Waals surface area contributed by atoms with Crippen molar-refractivity contribution >= 4 is 5.97 Å². The molecule has 3 atom stereocenters. The fourth-order valence-electron chi connectivity index (χ4n) is 4.20. The van der Waals surface area contributed by atoms with E-state index in [0.29, 0.717) is 6.04 Å². The Morgan fingerprint density at radius 3 is 2.35 bits per heavy atom. The lowest BCUT2D eigenvalue weighted by molar-refractivity contribution is -0.146. The Morgan fingerprint density at radius 1 is 1.10 bits per heavy atom. The molecular weight excluding hydrogens is 250 g/mol. The summed E-state index contributed by atoms with van der Waals surface area (Å²) in [5.41, 5.74) is 0. The largest absolute Gasteiger partial charge is 0.481 e.